The molecule has 2 aromatic rings. The number of benzene rings is 2. The Balaban J connectivity index is 1.81. The maximum atomic E-state index is 12.6. The molecule has 1 aliphatic heterocycles. The van der Waals surface area contributed by atoms with Gasteiger partial charge in [-0.05, 0) is 53.9 Å². The van der Waals surface area contributed by atoms with Crippen LogP contribution in [0.2, 0.25) is 0 Å². The maximum Gasteiger partial charge on any atom is 0.256 e. The van der Waals surface area contributed by atoms with Crippen LogP contribution in [-0.2, 0) is 0 Å². The van der Waals surface area contributed by atoms with Crippen molar-refractivity contribution in [2.24, 2.45) is 0 Å². The molecule has 120 valence electrons. The molecule has 1 saturated heterocycles. The fourth-order valence-corrected chi connectivity index (χ4v) is 3.37. The van der Waals surface area contributed by atoms with Crippen LogP contribution in [0.15, 0.2) is 48.5 Å². The summed E-state index contributed by atoms with van der Waals surface area (Å²) in [5.74, 6) is -0.0587. The third-order valence-electron chi connectivity index (χ3n) is 4.11. The van der Waals surface area contributed by atoms with Gasteiger partial charge in [-0.3, -0.25) is 4.79 Å². The van der Waals surface area contributed by atoms with Gasteiger partial charge in [-0.2, -0.15) is 0 Å². The standard InChI is InChI=1S/C18H20IN3O/c1-21-10-12-22(13-11-21)17-9-5-4-8-16(17)20-18(23)14-6-2-3-7-15(14)19/h2-9H,10-13H2,1H3,(H,20,23). The zero-order valence-corrected chi connectivity index (χ0v) is 15.3. The molecule has 0 unspecified atom stereocenters. The quantitative estimate of drug-likeness (QED) is 0.773. The van der Waals surface area contributed by atoms with Crippen LogP contribution in [0.1, 0.15) is 10.4 Å². The number of hydrogen-bond donors (Lipinski definition) is 1. The number of para-hydroxylation sites is 2. The minimum atomic E-state index is -0.0587. The molecule has 23 heavy (non-hydrogen) atoms. The molecule has 1 N–H and O–H groups in total. The lowest BCUT2D eigenvalue weighted by Gasteiger charge is -2.35. The fraction of sp³-hybridized carbons (Fsp3) is 0.278. The van der Waals surface area contributed by atoms with Gasteiger partial charge in [-0.1, -0.05) is 24.3 Å². The highest BCUT2D eigenvalue weighted by atomic mass is 127. The van der Waals surface area contributed by atoms with E-state index in [0.29, 0.717) is 5.56 Å². The predicted octanol–water partition coefficient (Wildman–Crippen LogP) is 3.30. The van der Waals surface area contributed by atoms with Gasteiger partial charge in [0.15, 0.2) is 0 Å². The Kier molecular flexibility index (Phi) is 5.17. The second kappa shape index (κ2) is 7.31. The molecule has 1 aliphatic rings. The van der Waals surface area contributed by atoms with Crippen molar-refractivity contribution in [3.63, 3.8) is 0 Å². The molecule has 0 saturated carbocycles. The van der Waals surface area contributed by atoms with Gasteiger partial charge < -0.3 is 15.1 Å². The highest BCUT2D eigenvalue weighted by Crippen LogP contribution is 2.27. The summed E-state index contributed by atoms with van der Waals surface area (Å²) in [6.07, 6.45) is 0. The topological polar surface area (TPSA) is 35.6 Å². The zero-order valence-electron chi connectivity index (χ0n) is 13.1. The monoisotopic (exact) mass is 421 g/mol. The Morgan fingerprint density at radius 1 is 1.00 bits per heavy atom. The van der Waals surface area contributed by atoms with E-state index in [1.807, 2.05) is 42.5 Å². The average Bonchev–Trinajstić information content (AvgIpc) is 2.56. The van der Waals surface area contributed by atoms with Crippen molar-refractivity contribution in [2.45, 2.75) is 0 Å². The molecule has 3 rings (SSSR count). The summed E-state index contributed by atoms with van der Waals surface area (Å²) in [5.41, 5.74) is 2.68. The summed E-state index contributed by atoms with van der Waals surface area (Å²) in [6, 6.07) is 15.7. The number of likely N-dealkylation sites (N-methyl/N-ethyl adjacent to an activating group) is 1. The fourth-order valence-electron chi connectivity index (χ4n) is 2.74. The molecular formula is C18H20IN3O. The van der Waals surface area contributed by atoms with Crippen molar-refractivity contribution in [3.8, 4) is 0 Å². The Labute approximate surface area is 150 Å². The molecule has 0 spiro atoms. The van der Waals surface area contributed by atoms with E-state index in [9.17, 15) is 4.79 Å². The first-order valence-electron chi connectivity index (χ1n) is 7.73. The predicted molar refractivity (Wildman–Crippen MR) is 103 cm³/mol. The summed E-state index contributed by atoms with van der Waals surface area (Å²) in [7, 11) is 2.14. The van der Waals surface area contributed by atoms with E-state index in [1.54, 1.807) is 0 Å². The maximum absolute atomic E-state index is 12.6. The van der Waals surface area contributed by atoms with Crippen molar-refractivity contribution in [2.75, 3.05) is 43.4 Å². The SMILES string of the molecule is CN1CCN(c2ccccc2NC(=O)c2ccccc2I)CC1. The van der Waals surface area contributed by atoms with E-state index >= 15 is 0 Å². The number of hydrogen-bond acceptors (Lipinski definition) is 3. The van der Waals surface area contributed by atoms with Crippen LogP contribution in [0, 0.1) is 3.57 Å². The molecule has 0 bridgehead atoms. The summed E-state index contributed by atoms with van der Waals surface area (Å²) < 4.78 is 0.958. The molecule has 2 aromatic carbocycles. The Morgan fingerprint density at radius 3 is 2.39 bits per heavy atom. The number of anilines is 2. The van der Waals surface area contributed by atoms with Crippen LogP contribution in [0.3, 0.4) is 0 Å². The normalized spacial score (nSPS) is 15.5. The van der Waals surface area contributed by atoms with Gasteiger partial charge in [0.2, 0.25) is 0 Å². The van der Waals surface area contributed by atoms with Crippen molar-refractivity contribution in [1.29, 1.82) is 0 Å². The van der Waals surface area contributed by atoms with Gasteiger partial charge in [0.1, 0.15) is 0 Å². The third kappa shape index (κ3) is 3.84. The summed E-state index contributed by atoms with van der Waals surface area (Å²) >= 11 is 2.20. The smallest absolute Gasteiger partial charge is 0.256 e. The number of carbonyl (C=O) groups excluding carboxylic acids is 1. The number of carbonyl (C=O) groups is 1. The minimum absolute atomic E-state index is 0.0587. The summed E-state index contributed by atoms with van der Waals surface area (Å²) in [6.45, 7) is 4.04. The van der Waals surface area contributed by atoms with Gasteiger partial charge in [0.25, 0.3) is 5.91 Å². The van der Waals surface area contributed by atoms with Crippen LogP contribution in [-0.4, -0.2) is 44.0 Å². The van der Waals surface area contributed by atoms with E-state index < -0.39 is 0 Å². The Bertz CT molecular complexity index is 696. The van der Waals surface area contributed by atoms with E-state index in [-0.39, 0.29) is 5.91 Å². The molecule has 4 nitrogen and oxygen atoms in total. The minimum Gasteiger partial charge on any atom is -0.367 e. The van der Waals surface area contributed by atoms with Gasteiger partial charge in [0, 0.05) is 29.7 Å². The van der Waals surface area contributed by atoms with Crippen LogP contribution in [0.4, 0.5) is 11.4 Å². The van der Waals surface area contributed by atoms with Gasteiger partial charge >= 0.3 is 0 Å². The Hall–Kier alpha value is -1.60. The third-order valence-corrected chi connectivity index (χ3v) is 5.06. The first kappa shape index (κ1) is 16.3. The van der Waals surface area contributed by atoms with Gasteiger partial charge in [-0.15, -0.1) is 0 Å². The largest absolute Gasteiger partial charge is 0.367 e. The van der Waals surface area contributed by atoms with Gasteiger partial charge in [0.05, 0.1) is 16.9 Å². The van der Waals surface area contributed by atoms with Crippen LogP contribution >= 0.6 is 22.6 Å². The number of nitrogens with zero attached hydrogens (tertiary/aromatic N) is 2. The van der Waals surface area contributed by atoms with Crippen molar-refractivity contribution in [3.05, 3.63) is 57.7 Å². The highest BCUT2D eigenvalue weighted by Gasteiger charge is 2.18. The molecule has 1 heterocycles. The molecule has 0 aliphatic carbocycles. The first-order valence-corrected chi connectivity index (χ1v) is 8.81. The van der Waals surface area contributed by atoms with E-state index in [2.05, 4.69) is 50.8 Å². The second-order valence-corrected chi connectivity index (χ2v) is 6.90. The summed E-state index contributed by atoms with van der Waals surface area (Å²) in [5, 5.41) is 3.08. The Morgan fingerprint density at radius 2 is 1.65 bits per heavy atom. The summed E-state index contributed by atoms with van der Waals surface area (Å²) in [4.78, 5) is 17.2. The highest BCUT2D eigenvalue weighted by molar-refractivity contribution is 14.1. The lowest BCUT2D eigenvalue weighted by Crippen LogP contribution is -2.44. The number of rotatable bonds is 3. The molecule has 1 amide bonds. The zero-order chi connectivity index (χ0) is 16.2. The number of nitrogens with one attached hydrogen (secondary N) is 1. The number of piperazine rings is 1. The molecule has 0 atom stereocenters. The molecule has 0 aromatic heterocycles. The molecular weight excluding hydrogens is 401 g/mol. The van der Waals surface area contributed by atoms with E-state index in [0.717, 1.165) is 41.1 Å². The van der Waals surface area contributed by atoms with E-state index in [1.165, 1.54) is 0 Å². The van der Waals surface area contributed by atoms with Crippen LogP contribution < -0.4 is 10.2 Å². The van der Waals surface area contributed by atoms with Crippen LogP contribution in [0.25, 0.3) is 0 Å². The lowest BCUT2D eigenvalue weighted by molar-refractivity contribution is 0.102. The molecule has 5 heteroatoms. The van der Waals surface area contributed by atoms with E-state index in [4.69, 9.17) is 0 Å². The van der Waals surface area contributed by atoms with Crippen LogP contribution in [0.5, 0.6) is 0 Å². The molecule has 0 radical (unpaired) electrons. The lowest BCUT2D eigenvalue weighted by atomic mass is 10.2. The number of halogens is 1. The first-order chi connectivity index (χ1) is 11.1. The van der Waals surface area contributed by atoms with Crippen molar-refractivity contribution < 1.29 is 4.79 Å². The average molecular weight is 421 g/mol. The second-order valence-electron chi connectivity index (χ2n) is 5.74. The van der Waals surface area contributed by atoms with Crippen molar-refractivity contribution in [1.82, 2.24) is 4.90 Å². The number of amides is 1. The molecule has 1 fully saturated rings. The van der Waals surface area contributed by atoms with Crippen molar-refractivity contribution >= 4 is 39.9 Å². The van der Waals surface area contributed by atoms with Gasteiger partial charge in [-0.25, -0.2) is 0 Å².